The third kappa shape index (κ3) is 4.11. The van der Waals surface area contributed by atoms with Crippen LogP contribution in [0.25, 0.3) is 22.0 Å². The quantitative estimate of drug-likeness (QED) is 0.533. The lowest BCUT2D eigenvalue weighted by Gasteiger charge is -2.39. The van der Waals surface area contributed by atoms with Crippen LogP contribution in [-0.2, 0) is 19.6 Å². The summed E-state index contributed by atoms with van der Waals surface area (Å²) < 4.78 is 30.6. The Labute approximate surface area is 210 Å². The van der Waals surface area contributed by atoms with Crippen LogP contribution < -0.4 is 0 Å². The Morgan fingerprint density at radius 3 is 2.42 bits per heavy atom. The highest BCUT2D eigenvalue weighted by atomic mass is 32.2. The molecule has 0 saturated carbocycles. The van der Waals surface area contributed by atoms with Gasteiger partial charge in [0.05, 0.1) is 11.8 Å². The summed E-state index contributed by atoms with van der Waals surface area (Å²) in [6.07, 6.45) is 4.14. The smallest absolute Gasteiger partial charge is 0.256 e. The van der Waals surface area contributed by atoms with E-state index in [0.29, 0.717) is 51.5 Å². The van der Waals surface area contributed by atoms with E-state index in [1.807, 2.05) is 36.4 Å². The third-order valence-corrected chi connectivity index (χ3v) is 8.69. The summed E-state index contributed by atoms with van der Waals surface area (Å²) in [6, 6.07) is 18.3. The summed E-state index contributed by atoms with van der Waals surface area (Å²) in [5.74, 6) is 0.767. The lowest BCUT2D eigenvalue weighted by molar-refractivity contribution is -0.135. The van der Waals surface area contributed by atoms with Crippen molar-refractivity contribution in [3.05, 3.63) is 66.4 Å². The minimum Gasteiger partial charge on any atom is -0.381 e. The van der Waals surface area contributed by atoms with Gasteiger partial charge in [-0.1, -0.05) is 42.5 Å². The van der Waals surface area contributed by atoms with E-state index in [-0.39, 0.29) is 11.8 Å². The number of benzene rings is 2. The van der Waals surface area contributed by atoms with Gasteiger partial charge in [-0.15, -0.1) is 0 Å². The molecular formula is C27H28N4O4S. The van der Waals surface area contributed by atoms with Crippen molar-refractivity contribution >= 4 is 32.7 Å². The number of sulfonamides is 1. The van der Waals surface area contributed by atoms with Crippen molar-refractivity contribution < 1.29 is 17.9 Å². The fourth-order valence-electron chi connectivity index (χ4n) is 5.31. The van der Waals surface area contributed by atoms with Crippen LogP contribution in [-0.4, -0.2) is 79.0 Å². The molecule has 1 aromatic heterocycles. The molecule has 2 fully saturated rings. The Morgan fingerprint density at radius 2 is 1.69 bits per heavy atom. The molecule has 4 heterocycles. The number of pyridine rings is 1. The molecule has 3 aliphatic heterocycles. The second-order valence-electron chi connectivity index (χ2n) is 9.93. The second-order valence-corrected chi connectivity index (χ2v) is 11.9. The summed E-state index contributed by atoms with van der Waals surface area (Å²) in [5, 5.41) is 1.10. The van der Waals surface area contributed by atoms with Crippen molar-refractivity contribution in [2.75, 3.05) is 39.1 Å². The largest absolute Gasteiger partial charge is 0.381 e. The highest BCUT2D eigenvalue weighted by Crippen LogP contribution is 2.36. The van der Waals surface area contributed by atoms with Gasteiger partial charge in [0.1, 0.15) is 11.4 Å². The van der Waals surface area contributed by atoms with Gasteiger partial charge in [-0.05, 0) is 23.3 Å². The number of fused-ring (bicyclic) bond motifs is 1. The highest BCUT2D eigenvalue weighted by molar-refractivity contribution is 7.88. The van der Waals surface area contributed by atoms with Crippen molar-refractivity contribution in [2.45, 2.75) is 18.4 Å². The van der Waals surface area contributed by atoms with E-state index in [2.05, 4.69) is 23.2 Å². The molecule has 0 bridgehead atoms. The molecule has 186 valence electrons. The monoisotopic (exact) mass is 504 g/mol. The zero-order chi connectivity index (χ0) is 24.9. The minimum atomic E-state index is -3.21. The predicted octanol–water partition coefficient (Wildman–Crippen LogP) is 2.93. The summed E-state index contributed by atoms with van der Waals surface area (Å²) in [6.45, 7) is 2.35. The molecule has 3 aliphatic rings. The first-order chi connectivity index (χ1) is 17.3. The molecule has 36 heavy (non-hydrogen) atoms. The Balaban J connectivity index is 1.29. The molecule has 0 unspecified atom stereocenters. The minimum absolute atomic E-state index is 0.00304. The van der Waals surface area contributed by atoms with Gasteiger partial charge in [0.2, 0.25) is 10.0 Å². The predicted molar refractivity (Wildman–Crippen MR) is 138 cm³/mol. The summed E-state index contributed by atoms with van der Waals surface area (Å²) in [5.41, 5.74) is 3.18. The zero-order valence-electron chi connectivity index (χ0n) is 20.1. The van der Waals surface area contributed by atoms with E-state index in [4.69, 9.17) is 9.73 Å². The number of amidine groups is 1. The third-order valence-electron chi connectivity index (χ3n) is 7.45. The van der Waals surface area contributed by atoms with Gasteiger partial charge in [-0.2, -0.15) is 0 Å². The number of carbonyl (C=O) groups is 1. The Morgan fingerprint density at radius 1 is 1.00 bits per heavy atom. The van der Waals surface area contributed by atoms with E-state index in [9.17, 15) is 13.2 Å². The number of amides is 1. The molecule has 2 saturated heterocycles. The topological polar surface area (TPSA) is 92.2 Å². The number of hydrogen-bond acceptors (Lipinski definition) is 6. The Hall–Kier alpha value is -3.14. The van der Waals surface area contributed by atoms with Gasteiger partial charge in [0.25, 0.3) is 5.91 Å². The van der Waals surface area contributed by atoms with Crippen LogP contribution in [0.4, 0.5) is 0 Å². The van der Waals surface area contributed by atoms with Gasteiger partial charge >= 0.3 is 0 Å². The van der Waals surface area contributed by atoms with Gasteiger partial charge in [-0.3, -0.25) is 19.7 Å². The Bertz CT molecular complexity index is 1460. The lowest BCUT2D eigenvalue weighted by Crippen LogP contribution is -2.55. The molecule has 0 radical (unpaired) electrons. The molecule has 0 N–H and O–H groups in total. The summed E-state index contributed by atoms with van der Waals surface area (Å²) in [4.78, 5) is 24.9. The number of ether oxygens (including phenoxy) is 1. The van der Waals surface area contributed by atoms with Crippen LogP contribution in [0.15, 0.2) is 65.8 Å². The van der Waals surface area contributed by atoms with Crippen LogP contribution in [0.1, 0.15) is 18.4 Å². The molecule has 9 heteroatoms. The number of rotatable bonds is 5. The standard InChI is InChI=1S/C27H28N4O4S/c1-36(33,34)30-16-19(17-30)18-31-25(29-27(26(31)32)10-13-35-14-11-27)22-7-4-20(5-8-22)23-9-6-21-3-2-12-28-24(21)15-23/h2-9,12,15,19H,10-11,13-14,16-18H2,1H3. The highest BCUT2D eigenvalue weighted by Gasteiger charge is 2.50. The average molecular weight is 505 g/mol. The fraction of sp³-hybridized carbons (Fsp3) is 0.370. The second kappa shape index (κ2) is 8.76. The van der Waals surface area contributed by atoms with Gasteiger partial charge in [0.15, 0.2) is 0 Å². The van der Waals surface area contributed by atoms with Crippen molar-refractivity contribution in [1.29, 1.82) is 0 Å². The first-order valence-corrected chi connectivity index (χ1v) is 14.1. The summed E-state index contributed by atoms with van der Waals surface area (Å²) in [7, 11) is -3.21. The molecule has 2 aromatic carbocycles. The number of aliphatic imine (C=N–C) groups is 1. The van der Waals surface area contributed by atoms with Crippen LogP contribution >= 0.6 is 0 Å². The number of carbonyl (C=O) groups excluding carboxylic acids is 1. The van der Waals surface area contributed by atoms with E-state index in [1.54, 1.807) is 11.1 Å². The zero-order valence-corrected chi connectivity index (χ0v) is 20.9. The Kier molecular flexibility index (Phi) is 5.66. The molecule has 0 atom stereocenters. The van der Waals surface area contributed by atoms with Crippen molar-refractivity contribution in [3.63, 3.8) is 0 Å². The van der Waals surface area contributed by atoms with Crippen LogP contribution in [0.2, 0.25) is 0 Å². The van der Waals surface area contributed by atoms with Crippen molar-refractivity contribution in [2.24, 2.45) is 10.9 Å². The number of nitrogens with zero attached hydrogens (tertiary/aromatic N) is 4. The van der Waals surface area contributed by atoms with Crippen LogP contribution in [0.3, 0.4) is 0 Å². The van der Waals surface area contributed by atoms with Gasteiger partial charge in [-0.25, -0.2) is 12.7 Å². The number of aromatic nitrogens is 1. The normalized spacial score (nSPS) is 20.6. The fourth-order valence-corrected chi connectivity index (χ4v) is 6.27. The maximum atomic E-state index is 13.6. The maximum absolute atomic E-state index is 13.6. The first kappa shape index (κ1) is 23.3. The van der Waals surface area contributed by atoms with E-state index in [1.165, 1.54) is 10.6 Å². The van der Waals surface area contributed by atoms with Gasteiger partial charge < -0.3 is 4.74 Å². The van der Waals surface area contributed by atoms with Crippen molar-refractivity contribution in [3.8, 4) is 11.1 Å². The van der Waals surface area contributed by atoms with Gasteiger partial charge in [0, 0.05) is 68.8 Å². The van der Waals surface area contributed by atoms with E-state index >= 15 is 0 Å². The van der Waals surface area contributed by atoms with E-state index in [0.717, 1.165) is 27.6 Å². The number of hydrogen-bond donors (Lipinski definition) is 0. The lowest BCUT2D eigenvalue weighted by atomic mass is 9.90. The molecule has 1 amide bonds. The van der Waals surface area contributed by atoms with Crippen LogP contribution in [0.5, 0.6) is 0 Å². The molecule has 6 rings (SSSR count). The van der Waals surface area contributed by atoms with E-state index < -0.39 is 15.6 Å². The molecule has 8 nitrogen and oxygen atoms in total. The van der Waals surface area contributed by atoms with Crippen molar-refractivity contribution in [1.82, 2.24) is 14.2 Å². The molecule has 0 aliphatic carbocycles. The first-order valence-electron chi connectivity index (χ1n) is 12.2. The van der Waals surface area contributed by atoms with Crippen LogP contribution in [0, 0.1) is 5.92 Å². The summed E-state index contributed by atoms with van der Waals surface area (Å²) >= 11 is 0. The molecule has 3 aromatic rings. The molecular weight excluding hydrogens is 476 g/mol. The maximum Gasteiger partial charge on any atom is 0.256 e. The SMILES string of the molecule is CS(=O)(=O)N1CC(CN2C(=O)C3(CCOCC3)N=C2c2ccc(-c3ccc4cccnc4c3)cc2)C1. The molecule has 1 spiro atoms. The average Bonchev–Trinajstić information content (AvgIpc) is 3.11.